The molecule has 2 N–H and O–H groups in total. The maximum Gasteiger partial charge on any atom is 0.306 e. The molecule has 2 aliphatic rings. The number of carboxylic acids is 1. The summed E-state index contributed by atoms with van der Waals surface area (Å²) in [6.07, 6.45) is 1.93. The lowest BCUT2D eigenvalue weighted by atomic mass is 9.81. The summed E-state index contributed by atoms with van der Waals surface area (Å²) in [6.45, 7) is 1.57. The summed E-state index contributed by atoms with van der Waals surface area (Å²) in [7, 11) is 0. The highest BCUT2D eigenvalue weighted by Gasteiger charge is 2.56. The minimum absolute atomic E-state index is 0.0944. The van der Waals surface area contributed by atoms with Crippen LogP contribution in [-0.2, 0) is 14.4 Å². The Morgan fingerprint density at radius 3 is 2.56 bits per heavy atom. The molecule has 2 fully saturated rings. The SMILES string of the molecule is C[C@H](C[C@]1(C2CC2)NC(=O)CC1=O)C(=O)O. The van der Waals surface area contributed by atoms with Crippen LogP contribution in [0.4, 0.5) is 0 Å². The van der Waals surface area contributed by atoms with Crippen LogP contribution in [0.25, 0.3) is 0 Å². The van der Waals surface area contributed by atoms with Gasteiger partial charge in [0.15, 0.2) is 5.78 Å². The van der Waals surface area contributed by atoms with E-state index in [9.17, 15) is 14.4 Å². The Kier molecular flexibility index (Phi) is 2.48. The lowest BCUT2D eigenvalue weighted by molar-refractivity contribution is -0.142. The molecule has 0 aromatic rings. The maximum atomic E-state index is 11.9. The molecule has 1 aliphatic carbocycles. The fourth-order valence-electron chi connectivity index (χ4n) is 2.47. The summed E-state index contributed by atoms with van der Waals surface area (Å²) in [5.41, 5.74) is -0.880. The maximum absolute atomic E-state index is 11.9. The summed E-state index contributed by atoms with van der Waals surface area (Å²) < 4.78 is 0. The van der Waals surface area contributed by atoms with Crippen LogP contribution in [0.1, 0.15) is 32.6 Å². The number of carbonyl (C=O) groups excluding carboxylic acids is 2. The summed E-state index contributed by atoms with van der Waals surface area (Å²) >= 11 is 0. The molecule has 1 saturated carbocycles. The first-order valence-corrected chi connectivity index (χ1v) is 5.53. The molecule has 2 rings (SSSR count). The monoisotopic (exact) mass is 225 g/mol. The van der Waals surface area contributed by atoms with E-state index in [0.29, 0.717) is 0 Å². The molecule has 0 unspecified atom stereocenters. The van der Waals surface area contributed by atoms with Crippen LogP contribution < -0.4 is 5.32 Å². The predicted octanol–water partition coefficient (Wildman–Crippen LogP) is 0.335. The highest BCUT2D eigenvalue weighted by Crippen LogP contribution is 2.45. The number of carboxylic acid groups (broad SMARTS) is 1. The lowest BCUT2D eigenvalue weighted by Gasteiger charge is -2.29. The summed E-state index contributed by atoms with van der Waals surface area (Å²) in [6, 6.07) is 0. The zero-order valence-electron chi connectivity index (χ0n) is 9.16. The molecule has 0 aromatic heterocycles. The minimum atomic E-state index is -0.922. The van der Waals surface area contributed by atoms with Gasteiger partial charge in [-0.3, -0.25) is 14.4 Å². The van der Waals surface area contributed by atoms with E-state index in [-0.39, 0.29) is 30.4 Å². The second-order valence-electron chi connectivity index (χ2n) is 4.84. The van der Waals surface area contributed by atoms with Gasteiger partial charge >= 0.3 is 5.97 Å². The van der Waals surface area contributed by atoms with Crippen molar-refractivity contribution in [2.45, 2.75) is 38.1 Å². The number of nitrogens with one attached hydrogen (secondary N) is 1. The van der Waals surface area contributed by atoms with E-state index in [4.69, 9.17) is 5.11 Å². The molecule has 5 nitrogen and oxygen atoms in total. The van der Waals surface area contributed by atoms with Crippen molar-refractivity contribution < 1.29 is 19.5 Å². The van der Waals surface area contributed by atoms with Crippen LogP contribution in [-0.4, -0.2) is 28.3 Å². The van der Waals surface area contributed by atoms with Crippen LogP contribution in [0.5, 0.6) is 0 Å². The standard InChI is InChI=1S/C11H15NO4/c1-6(10(15)16)5-11(7-2-3-7)8(13)4-9(14)12-11/h6-7H,2-5H2,1H3,(H,12,14)(H,15,16)/t6-,11-/m1/s1. The minimum Gasteiger partial charge on any atom is -0.481 e. The van der Waals surface area contributed by atoms with E-state index in [1.54, 1.807) is 6.92 Å². The van der Waals surface area contributed by atoms with Crippen LogP contribution in [0.3, 0.4) is 0 Å². The topological polar surface area (TPSA) is 83.5 Å². The zero-order valence-corrected chi connectivity index (χ0v) is 9.16. The number of amides is 1. The van der Waals surface area contributed by atoms with E-state index < -0.39 is 17.4 Å². The molecule has 88 valence electrons. The summed E-state index contributed by atoms with van der Waals surface area (Å²) in [4.78, 5) is 34.0. The fourth-order valence-corrected chi connectivity index (χ4v) is 2.47. The van der Waals surface area contributed by atoms with Crippen molar-refractivity contribution in [1.82, 2.24) is 5.32 Å². The number of aliphatic carboxylic acids is 1. The smallest absolute Gasteiger partial charge is 0.306 e. The number of rotatable bonds is 4. The van der Waals surface area contributed by atoms with Crippen LogP contribution in [0.2, 0.25) is 0 Å². The van der Waals surface area contributed by atoms with Crippen molar-refractivity contribution in [2.24, 2.45) is 11.8 Å². The van der Waals surface area contributed by atoms with Gasteiger partial charge in [-0.2, -0.15) is 0 Å². The molecule has 16 heavy (non-hydrogen) atoms. The Labute approximate surface area is 93.2 Å². The van der Waals surface area contributed by atoms with Gasteiger partial charge in [0.2, 0.25) is 5.91 Å². The van der Waals surface area contributed by atoms with E-state index in [1.807, 2.05) is 0 Å². The first-order chi connectivity index (χ1) is 7.45. The van der Waals surface area contributed by atoms with Gasteiger partial charge in [0.25, 0.3) is 0 Å². The molecule has 0 spiro atoms. The van der Waals surface area contributed by atoms with Crippen LogP contribution in [0, 0.1) is 11.8 Å². The summed E-state index contributed by atoms with van der Waals surface area (Å²) in [5.74, 6) is -1.78. The predicted molar refractivity (Wildman–Crippen MR) is 54.6 cm³/mol. The van der Waals surface area contributed by atoms with Crippen LogP contribution >= 0.6 is 0 Å². The molecule has 1 heterocycles. The molecular weight excluding hydrogens is 210 g/mol. The highest BCUT2D eigenvalue weighted by molar-refractivity contribution is 6.10. The van der Waals surface area contributed by atoms with E-state index in [0.717, 1.165) is 12.8 Å². The number of hydrogen-bond acceptors (Lipinski definition) is 3. The Balaban J connectivity index is 2.19. The van der Waals surface area contributed by atoms with Crippen molar-refractivity contribution in [3.8, 4) is 0 Å². The second kappa shape index (κ2) is 3.57. The van der Waals surface area contributed by atoms with E-state index >= 15 is 0 Å². The fraction of sp³-hybridized carbons (Fsp3) is 0.727. The normalized spacial score (nSPS) is 31.3. The number of ketones is 1. The molecule has 0 aromatic carbocycles. The summed E-state index contributed by atoms with van der Waals surface area (Å²) in [5, 5.41) is 11.6. The average molecular weight is 225 g/mol. The zero-order chi connectivity index (χ0) is 11.9. The molecule has 0 radical (unpaired) electrons. The first-order valence-electron chi connectivity index (χ1n) is 5.53. The second-order valence-corrected chi connectivity index (χ2v) is 4.84. The van der Waals surface area contributed by atoms with Crippen molar-refractivity contribution in [3.63, 3.8) is 0 Å². The lowest BCUT2D eigenvalue weighted by Crippen LogP contribution is -2.50. The Hall–Kier alpha value is -1.39. The number of carbonyl (C=O) groups is 3. The Morgan fingerprint density at radius 1 is 1.56 bits per heavy atom. The van der Waals surface area contributed by atoms with Crippen molar-refractivity contribution >= 4 is 17.7 Å². The number of hydrogen-bond donors (Lipinski definition) is 2. The van der Waals surface area contributed by atoms with Gasteiger partial charge in [0.05, 0.1) is 12.3 Å². The Morgan fingerprint density at radius 2 is 2.19 bits per heavy atom. The Bertz CT molecular complexity index is 361. The van der Waals surface area contributed by atoms with Gasteiger partial charge in [0, 0.05) is 0 Å². The molecular formula is C11H15NO4. The first kappa shape index (κ1) is 11.1. The van der Waals surface area contributed by atoms with E-state index in [1.165, 1.54) is 0 Å². The highest BCUT2D eigenvalue weighted by atomic mass is 16.4. The van der Waals surface area contributed by atoms with Crippen molar-refractivity contribution in [2.75, 3.05) is 0 Å². The third kappa shape index (κ3) is 1.70. The average Bonchev–Trinajstić information content (AvgIpc) is 2.95. The molecule has 1 amide bonds. The molecule has 1 aliphatic heterocycles. The van der Waals surface area contributed by atoms with Gasteiger partial charge in [0.1, 0.15) is 5.54 Å². The molecule has 0 bridgehead atoms. The van der Waals surface area contributed by atoms with E-state index in [2.05, 4.69) is 5.32 Å². The molecule has 1 saturated heterocycles. The quantitative estimate of drug-likeness (QED) is 0.675. The van der Waals surface area contributed by atoms with Crippen molar-refractivity contribution in [3.05, 3.63) is 0 Å². The van der Waals surface area contributed by atoms with Crippen molar-refractivity contribution in [1.29, 1.82) is 0 Å². The molecule has 5 heteroatoms. The van der Waals surface area contributed by atoms with Gasteiger partial charge in [-0.25, -0.2) is 0 Å². The third-order valence-electron chi connectivity index (χ3n) is 3.51. The largest absolute Gasteiger partial charge is 0.481 e. The number of Topliss-reactive ketones (excluding diaryl/α,β-unsaturated/α-hetero) is 1. The van der Waals surface area contributed by atoms with Gasteiger partial charge in [-0.1, -0.05) is 6.92 Å². The van der Waals surface area contributed by atoms with Crippen LogP contribution in [0.15, 0.2) is 0 Å². The van der Waals surface area contributed by atoms with Gasteiger partial charge in [-0.05, 0) is 25.2 Å². The van der Waals surface area contributed by atoms with Gasteiger partial charge < -0.3 is 10.4 Å². The molecule has 2 atom stereocenters. The van der Waals surface area contributed by atoms with Gasteiger partial charge in [-0.15, -0.1) is 0 Å². The third-order valence-corrected chi connectivity index (χ3v) is 3.51.